The zero-order valence-corrected chi connectivity index (χ0v) is 11.0. The first-order chi connectivity index (χ1) is 9.15. The summed E-state index contributed by atoms with van der Waals surface area (Å²) >= 11 is 0. The summed E-state index contributed by atoms with van der Waals surface area (Å²) < 4.78 is 4.97. The predicted octanol–water partition coefficient (Wildman–Crippen LogP) is 0.327. The maximum atomic E-state index is 11.9. The van der Waals surface area contributed by atoms with Crippen molar-refractivity contribution in [3.63, 3.8) is 0 Å². The number of nitrogens with zero attached hydrogens (tertiary/aromatic N) is 2. The maximum absolute atomic E-state index is 11.9. The van der Waals surface area contributed by atoms with E-state index in [-0.39, 0.29) is 18.2 Å². The first-order valence-electron chi connectivity index (χ1n) is 6.22. The van der Waals surface area contributed by atoms with E-state index in [1.165, 1.54) is 4.90 Å². The molecule has 6 heteroatoms. The first kappa shape index (κ1) is 13.5. The van der Waals surface area contributed by atoms with Crippen LogP contribution in [0.4, 0.5) is 0 Å². The van der Waals surface area contributed by atoms with E-state index in [0.29, 0.717) is 19.0 Å². The van der Waals surface area contributed by atoms with Crippen molar-refractivity contribution in [1.82, 2.24) is 15.2 Å². The normalized spacial score (nSPS) is 19.1. The van der Waals surface area contributed by atoms with Crippen molar-refractivity contribution in [2.75, 3.05) is 13.7 Å². The number of rotatable bonds is 5. The Morgan fingerprint density at radius 1 is 1.47 bits per heavy atom. The third kappa shape index (κ3) is 2.90. The van der Waals surface area contributed by atoms with Gasteiger partial charge in [-0.25, -0.2) is 4.98 Å². The van der Waals surface area contributed by atoms with E-state index in [0.717, 1.165) is 5.56 Å². The molecule has 1 atom stereocenters. The molecule has 0 saturated carbocycles. The third-order valence-corrected chi connectivity index (χ3v) is 3.12. The number of likely N-dealkylation sites (tertiary alicyclic amines) is 1. The number of carbonyl (C=O) groups excluding carboxylic acids is 2. The molecule has 0 spiro atoms. The van der Waals surface area contributed by atoms with Gasteiger partial charge in [0.1, 0.15) is 0 Å². The van der Waals surface area contributed by atoms with Crippen molar-refractivity contribution >= 4 is 11.8 Å². The molecular formula is C13H17N3O3. The fourth-order valence-electron chi connectivity index (χ4n) is 2.05. The molecule has 1 N–H and O–H groups in total. The Bertz CT molecular complexity index is 473. The van der Waals surface area contributed by atoms with Crippen molar-refractivity contribution in [3.8, 4) is 5.88 Å². The average Bonchev–Trinajstić information content (AvgIpc) is 2.71. The van der Waals surface area contributed by atoms with Crippen molar-refractivity contribution in [3.05, 3.63) is 23.9 Å². The van der Waals surface area contributed by atoms with Gasteiger partial charge in [0.2, 0.25) is 17.7 Å². The summed E-state index contributed by atoms with van der Waals surface area (Å²) in [7, 11) is 1.56. The van der Waals surface area contributed by atoms with Gasteiger partial charge in [-0.15, -0.1) is 0 Å². The minimum absolute atomic E-state index is 0.113. The smallest absolute Gasteiger partial charge is 0.246 e. The van der Waals surface area contributed by atoms with Crippen molar-refractivity contribution in [2.45, 2.75) is 25.9 Å². The number of hydrogen-bond acceptors (Lipinski definition) is 5. The van der Waals surface area contributed by atoms with Gasteiger partial charge in [0.15, 0.2) is 0 Å². The van der Waals surface area contributed by atoms with Crippen LogP contribution in [0.25, 0.3) is 0 Å². The number of amides is 2. The van der Waals surface area contributed by atoms with Crippen LogP contribution >= 0.6 is 0 Å². The number of carbonyl (C=O) groups is 2. The second kappa shape index (κ2) is 5.79. The van der Waals surface area contributed by atoms with Gasteiger partial charge in [0.25, 0.3) is 0 Å². The zero-order chi connectivity index (χ0) is 13.8. The number of hydrogen-bond donors (Lipinski definition) is 1. The predicted molar refractivity (Wildman–Crippen MR) is 68.4 cm³/mol. The van der Waals surface area contributed by atoms with Gasteiger partial charge in [-0.3, -0.25) is 14.5 Å². The standard InChI is InChI=1S/C13H17N3O3/c1-3-16-12(17)6-10(13(16)18)14-7-9-4-5-11(19-2)15-8-9/h4-5,8,10,14H,3,6-7H2,1-2H3. The Labute approximate surface area is 111 Å². The number of pyridine rings is 1. The molecule has 0 radical (unpaired) electrons. The van der Waals surface area contributed by atoms with E-state index in [2.05, 4.69) is 10.3 Å². The molecule has 6 nitrogen and oxygen atoms in total. The van der Waals surface area contributed by atoms with Gasteiger partial charge in [-0.2, -0.15) is 0 Å². The van der Waals surface area contributed by atoms with E-state index < -0.39 is 6.04 Å². The lowest BCUT2D eigenvalue weighted by Gasteiger charge is -2.13. The summed E-state index contributed by atoms with van der Waals surface area (Å²) in [6.45, 7) is 2.73. The van der Waals surface area contributed by atoms with Crippen molar-refractivity contribution in [2.24, 2.45) is 0 Å². The zero-order valence-electron chi connectivity index (χ0n) is 11.0. The number of aromatic nitrogens is 1. The lowest BCUT2D eigenvalue weighted by Crippen LogP contribution is -2.38. The Balaban J connectivity index is 1.92. The lowest BCUT2D eigenvalue weighted by molar-refractivity contribution is -0.138. The summed E-state index contributed by atoms with van der Waals surface area (Å²) in [6, 6.07) is 3.21. The SMILES string of the molecule is CCN1C(=O)CC(NCc2ccc(OC)nc2)C1=O. The van der Waals surface area contributed by atoms with Crippen LogP contribution in [0.3, 0.4) is 0 Å². The van der Waals surface area contributed by atoms with Crippen LogP contribution in [-0.2, 0) is 16.1 Å². The molecule has 2 heterocycles. The molecule has 1 unspecified atom stereocenters. The number of nitrogens with one attached hydrogen (secondary N) is 1. The van der Waals surface area contributed by atoms with Gasteiger partial charge < -0.3 is 10.1 Å². The van der Waals surface area contributed by atoms with Crippen molar-refractivity contribution < 1.29 is 14.3 Å². The third-order valence-electron chi connectivity index (χ3n) is 3.12. The molecule has 2 amide bonds. The summed E-state index contributed by atoms with van der Waals surface area (Å²) in [4.78, 5) is 28.8. The van der Waals surface area contributed by atoms with Gasteiger partial charge >= 0.3 is 0 Å². The lowest BCUT2D eigenvalue weighted by atomic mass is 10.2. The molecule has 2 rings (SSSR count). The van der Waals surface area contributed by atoms with E-state index in [1.807, 2.05) is 6.07 Å². The minimum atomic E-state index is -0.422. The number of likely N-dealkylation sites (N-methyl/N-ethyl adjacent to an activating group) is 1. The monoisotopic (exact) mass is 263 g/mol. The maximum Gasteiger partial charge on any atom is 0.246 e. The van der Waals surface area contributed by atoms with Crippen molar-refractivity contribution in [1.29, 1.82) is 0 Å². The minimum Gasteiger partial charge on any atom is -0.481 e. The summed E-state index contributed by atoms with van der Waals surface area (Å²) in [6.07, 6.45) is 1.92. The second-order valence-corrected chi connectivity index (χ2v) is 4.32. The summed E-state index contributed by atoms with van der Waals surface area (Å²) in [5, 5.41) is 3.09. The van der Waals surface area contributed by atoms with E-state index in [4.69, 9.17) is 4.74 Å². The van der Waals surface area contributed by atoms with Crippen LogP contribution in [0.15, 0.2) is 18.3 Å². The molecule has 1 fully saturated rings. The fourth-order valence-corrected chi connectivity index (χ4v) is 2.05. The van der Waals surface area contributed by atoms with Crippen LogP contribution in [0.1, 0.15) is 18.9 Å². The molecule has 0 aromatic carbocycles. The largest absolute Gasteiger partial charge is 0.481 e. The van der Waals surface area contributed by atoms with Crippen LogP contribution in [0.2, 0.25) is 0 Å². The Kier molecular flexibility index (Phi) is 4.11. The molecule has 1 aliphatic rings. The van der Waals surface area contributed by atoms with E-state index >= 15 is 0 Å². The van der Waals surface area contributed by atoms with E-state index in [1.54, 1.807) is 26.3 Å². The molecule has 19 heavy (non-hydrogen) atoms. The number of imide groups is 1. The quantitative estimate of drug-likeness (QED) is 0.775. The first-order valence-corrected chi connectivity index (χ1v) is 6.22. The number of methoxy groups -OCH3 is 1. The molecular weight excluding hydrogens is 246 g/mol. The summed E-state index contributed by atoms with van der Waals surface area (Å²) in [5.74, 6) is 0.292. The molecule has 102 valence electrons. The molecule has 1 aliphatic heterocycles. The van der Waals surface area contributed by atoms with Crippen LogP contribution in [0, 0.1) is 0 Å². The average molecular weight is 263 g/mol. The van der Waals surface area contributed by atoms with Gasteiger partial charge in [-0.05, 0) is 12.5 Å². The van der Waals surface area contributed by atoms with Gasteiger partial charge in [0.05, 0.1) is 19.6 Å². The van der Waals surface area contributed by atoms with Gasteiger partial charge in [-0.1, -0.05) is 6.07 Å². The molecule has 0 bridgehead atoms. The number of ether oxygens (including phenoxy) is 1. The fraction of sp³-hybridized carbons (Fsp3) is 0.462. The molecule has 0 aliphatic carbocycles. The highest BCUT2D eigenvalue weighted by Crippen LogP contribution is 2.13. The highest BCUT2D eigenvalue weighted by molar-refractivity contribution is 6.05. The van der Waals surface area contributed by atoms with Crippen LogP contribution in [-0.4, -0.2) is 41.4 Å². The Morgan fingerprint density at radius 2 is 2.26 bits per heavy atom. The summed E-state index contributed by atoms with van der Waals surface area (Å²) in [5.41, 5.74) is 0.941. The highest BCUT2D eigenvalue weighted by atomic mass is 16.5. The van der Waals surface area contributed by atoms with E-state index in [9.17, 15) is 9.59 Å². The topological polar surface area (TPSA) is 71.5 Å². The molecule has 1 saturated heterocycles. The Hall–Kier alpha value is -1.95. The van der Waals surface area contributed by atoms with Gasteiger partial charge in [0, 0.05) is 25.4 Å². The Morgan fingerprint density at radius 3 is 2.79 bits per heavy atom. The van der Waals surface area contributed by atoms with Crippen LogP contribution < -0.4 is 10.1 Å². The molecule has 1 aromatic rings. The second-order valence-electron chi connectivity index (χ2n) is 4.32. The molecule has 1 aromatic heterocycles. The van der Waals surface area contributed by atoms with Crippen LogP contribution in [0.5, 0.6) is 5.88 Å². The highest BCUT2D eigenvalue weighted by Gasteiger charge is 2.36.